The maximum atomic E-state index is 12.1. The number of carbonyl (C=O) groups is 1. The average Bonchev–Trinajstić information content (AvgIpc) is 3.24. The second-order valence-electron chi connectivity index (χ2n) is 5.94. The average molecular weight is 410 g/mol. The summed E-state index contributed by atoms with van der Waals surface area (Å²) in [6, 6.07) is 16.3. The Morgan fingerprint density at radius 3 is 2.77 bits per heavy atom. The van der Waals surface area contributed by atoms with E-state index < -0.39 is 0 Å². The van der Waals surface area contributed by atoms with Crippen LogP contribution in [0.25, 0.3) is 10.8 Å². The van der Waals surface area contributed by atoms with E-state index in [1.54, 1.807) is 23.1 Å². The number of anilines is 1. The lowest BCUT2D eigenvalue weighted by atomic mass is 10.0. The zero-order valence-corrected chi connectivity index (χ0v) is 15.4. The number of halogens is 1. The summed E-state index contributed by atoms with van der Waals surface area (Å²) in [6.07, 6.45) is 5.26. The van der Waals surface area contributed by atoms with E-state index in [-0.39, 0.29) is 12.5 Å². The van der Waals surface area contributed by atoms with Crippen molar-refractivity contribution >= 4 is 38.4 Å². The molecule has 0 fully saturated rings. The summed E-state index contributed by atoms with van der Waals surface area (Å²) in [4.78, 5) is 12.1. The van der Waals surface area contributed by atoms with Crippen molar-refractivity contribution in [2.75, 3.05) is 5.32 Å². The maximum absolute atomic E-state index is 12.1. The van der Waals surface area contributed by atoms with E-state index in [0.717, 1.165) is 4.47 Å². The molecule has 0 saturated heterocycles. The Kier molecular flexibility index (Phi) is 4.53. The molecule has 7 heteroatoms. The summed E-state index contributed by atoms with van der Waals surface area (Å²) in [6.45, 7) is 0.783. The van der Waals surface area contributed by atoms with Crippen molar-refractivity contribution in [3.05, 3.63) is 77.2 Å². The number of hydrogen-bond donors (Lipinski definition) is 1. The number of carbonyl (C=O) groups excluding carboxylic acids is 1. The Morgan fingerprint density at radius 1 is 1.08 bits per heavy atom. The smallest absolute Gasteiger partial charge is 0.247 e. The standard InChI is InChI=1S/C19H16BrN5O/c20-16-10-21-25(12-16)13-19(26)22-18-8-9-24(23-18)11-15-6-3-5-14-4-1-2-7-17(14)15/h1-10,12H,11,13H2,(H,22,23,26). The molecule has 0 atom stereocenters. The number of nitrogens with zero attached hydrogens (tertiary/aromatic N) is 4. The summed E-state index contributed by atoms with van der Waals surface area (Å²) >= 11 is 3.31. The molecule has 6 nitrogen and oxygen atoms in total. The molecule has 0 radical (unpaired) electrons. The van der Waals surface area contributed by atoms with Crippen molar-refractivity contribution in [2.24, 2.45) is 0 Å². The molecule has 4 rings (SSSR count). The van der Waals surface area contributed by atoms with Gasteiger partial charge in [-0.25, -0.2) is 0 Å². The lowest BCUT2D eigenvalue weighted by molar-refractivity contribution is -0.116. The molecule has 0 aliphatic rings. The highest BCUT2D eigenvalue weighted by Crippen LogP contribution is 2.19. The van der Waals surface area contributed by atoms with Crippen molar-refractivity contribution in [1.29, 1.82) is 0 Å². The number of benzene rings is 2. The Labute approximate surface area is 158 Å². The predicted molar refractivity (Wildman–Crippen MR) is 104 cm³/mol. The highest BCUT2D eigenvalue weighted by atomic mass is 79.9. The predicted octanol–water partition coefficient (Wildman–Crippen LogP) is 3.68. The molecule has 0 aliphatic carbocycles. The molecule has 4 aromatic rings. The van der Waals surface area contributed by atoms with Crippen LogP contribution in [-0.4, -0.2) is 25.5 Å². The van der Waals surface area contributed by atoms with E-state index in [1.165, 1.54) is 16.3 Å². The maximum Gasteiger partial charge on any atom is 0.247 e. The Hall–Kier alpha value is -2.93. The van der Waals surface area contributed by atoms with Gasteiger partial charge in [0.25, 0.3) is 0 Å². The number of aromatic nitrogens is 4. The number of nitrogens with one attached hydrogen (secondary N) is 1. The minimum absolute atomic E-state index is 0.141. The van der Waals surface area contributed by atoms with E-state index in [2.05, 4.69) is 55.7 Å². The molecular weight excluding hydrogens is 394 g/mol. The number of amides is 1. The van der Waals surface area contributed by atoms with Gasteiger partial charge < -0.3 is 5.32 Å². The molecule has 26 heavy (non-hydrogen) atoms. The van der Waals surface area contributed by atoms with Gasteiger partial charge in [0.15, 0.2) is 5.82 Å². The molecule has 1 N–H and O–H groups in total. The second-order valence-corrected chi connectivity index (χ2v) is 6.86. The van der Waals surface area contributed by atoms with Crippen LogP contribution in [0.2, 0.25) is 0 Å². The van der Waals surface area contributed by atoms with Crippen LogP contribution >= 0.6 is 15.9 Å². The number of fused-ring (bicyclic) bond motifs is 1. The van der Waals surface area contributed by atoms with Gasteiger partial charge in [-0.3, -0.25) is 14.2 Å². The minimum atomic E-state index is -0.170. The fraction of sp³-hybridized carbons (Fsp3) is 0.105. The molecule has 2 aromatic heterocycles. The molecule has 0 unspecified atom stereocenters. The third kappa shape index (κ3) is 3.67. The van der Waals surface area contributed by atoms with E-state index >= 15 is 0 Å². The van der Waals surface area contributed by atoms with Crippen LogP contribution in [0, 0.1) is 0 Å². The molecule has 1 amide bonds. The molecule has 0 bridgehead atoms. The fourth-order valence-corrected chi connectivity index (χ4v) is 3.20. The molecular formula is C19H16BrN5O. The van der Waals surface area contributed by atoms with Gasteiger partial charge in [-0.05, 0) is 32.3 Å². The fourth-order valence-electron chi connectivity index (χ4n) is 2.88. The molecule has 0 saturated carbocycles. The zero-order valence-electron chi connectivity index (χ0n) is 13.8. The van der Waals surface area contributed by atoms with E-state index in [4.69, 9.17) is 0 Å². The van der Waals surface area contributed by atoms with Crippen molar-refractivity contribution in [3.63, 3.8) is 0 Å². The lowest BCUT2D eigenvalue weighted by Gasteiger charge is -2.07. The van der Waals surface area contributed by atoms with Gasteiger partial charge in [-0.1, -0.05) is 42.5 Å². The summed E-state index contributed by atoms with van der Waals surface area (Å²) in [5, 5.41) is 13.7. The van der Waals surface area contributed by atoms with Crippen LogP contribution < -0.4 is 5.32 Å². The van der Waals surface area contributed by atoms with Crippen LogP contribution in [-0.2, 0) is 17.9 Å². The second kappa shape index (κ2) is 7.13. The first kappa shape index (κ1) is 16.5. The summed E-state index contributed by atoms with van der Waals surface area (Å²) < 4.78 is 4.22. The van der Waals surface area contributed by atoms with Gasteiger partial charge in [-0.2, -0.15) is 10.2 Å². The molecule has 0 aliphatic heterocycles. The summed E-state index contributed by atoms with van der Waals surface area (Å²) in [7, 11) is 0. The van der Waals surface area contributed by atoms with Crippen LogP contribution in [0.15, 0.2) is 71.6 Å². The molecule has 130 valence electrons. The van der Waals surface area contributed by atoms with Crippen LogP contribution in [0.5, 0.6) is 0 Å². The SMILES string of the molecule is O=C(Cn1cc(Br)cn1)Nc1ccn(Cc2cccc3ccccc23)n1. The van der Waals surface area contributed by atoms with E-state index in [9.17, 15) is 4.79 Å². The van der Waals surface area contributed by atoms with E-state index in [1.807, 2.05) is 29.1 Å². The number of rotatable bonds is 5. The van der Waals surface area contributed by atoms with Gasteiger partial charge in [0.2, 0.25) is 5.91 Å². The third-order valence-electron chi connectivity index (χ3n) is 4.03. The Bertz CT molecular complexity index is 1060. The summed E-state index contributed by atoms with van der Waals surface area (Å²) in [5.74, 6) is 0.359. The van der Waals surface area contributed by atoms with Gasteiger partial charge >= 0.3 is 0 Å². The van der Waals surface area contributed by atoms with Crippen LogP contribution in [0.3, 0.4) is 0 Å². The first-order valence-corrected chi connectivity index (χ1v) is 8.94. The molecule has 0 spiro atoms. The largest absolute Gasteiger partial charge is 0.308 e. The Morgan fingerprint density at radius 2 is 1.92 bits per heavy atom. The van der Waals surface area contributed by atoms with Crippen molar-refractivity contribution in [1.82, 2.24) is 19.6 Å². The van der Waals surface area contributed by atoms with Gasteiger partial charge in [0.1, 0.15) is 6.54 Å². The Balaban J connectivity index is 1.45. The molecule has 2 aromatic carbocycles. The third-order valence-corrected chi connectivity index (χ3v) is 4.44. The van der Waals surface area contributed by atoms with Crippen molar-refractivity contribution in [2.45, 2.75) is 13.1 Å². The lowest BCUT2D eigenvalue weighted by Crippen LogP contribution is -2.19. The monoisotopic (exact) mass is 409 g/mol. The minimum Gasteiger partial charge on any atom is -0.308 e. The van der Waals surface area contributed by atoms with Gasteiger partial charge in [0, 0.05) is 18.5 Å². The van der Waals surface area contributed by atoms with Crippen molar-refractivity contribution < 1.29 is 4.79 Å². The first-order valence-electron chi connectivity index (χ1n) is 8.15. The van der Waals surface area contributed by atoms with E-state index in [0.29, 0.717) is 12.4 Å². The highest BCUT2D eigenvalue weighted by molar-refractivity contribution is 9.10. The van der Waals surface area contributed by atoms with Gasteiger partial charge in [-0.15, -0.1) is 0 Å². The van der Waals surface area contributed by atoms with Crippen LogP contribution in [0.1, 0.15) is 5.56 Å². The van der Waals surface area contributed by atoms with Gasteiger partial charge in [0.05, 0.1) is 17.2 Å². The number of hydrogen-bond acceptors (Lipinski definition) is 3. The highest BCUT2D eigenvalue weighted by Gasteiger charge is 2.08. The van der Waals surface area contributed by atoms with Crippen molar-refractivity contribution in [3.8, 4) is 0 Å². The first-order chi connectivity index (χ1) is 12.7. The van der Waals surface area contributed by atoms with Crippen LogP contribution in [0.4, 0.5) is 5.82 Å². The summed E-state index contributed by atoms with van der Waals surface area (Å²) in [5.41, 5.74) is 1.19. The normalized spacial score (nSPS) is 11.0. The molecule has 2 heterocycles. The quantitative estimate of drug-likeness (QED) is 0.546. The zero-order chi connectivity index (χ0) is 17.9. The topological polar surface area (TPSA) is 64.7 Å².